The third-order valence-electron chi connectivity index (χ3n) is 2.90. The molecule has 2 nitrogen and oxygen atoms in total. The fourth-order valence-electron chi connectivity index (χ4n) is 1.71. The Labute approximate surface area is 122 Å². The van der Waals surface area contributed by atoms with Gasteiger partial charge in [-0.3, -0.25) is 4.99 Å². The summed E-state index contributed by atoms with van der Waals surface area (Å²) in [6, 6.07) is 6.63. The van der Waals surface area contributed by atoms with Crippen molar-refractivity contribution in [2.75, 3.05) is 7.11 Å². The molecule has 0 atom stereocenters. The van der Waals surface area contributed by atoms with E-state index >= 15 is 0 Å². The second-order valence-corrected chi connectivity index (χ2v) is 4.30. The minimum absolute atomic E-state index is 0.0174. The van der Waals surface area contributed by atoms with Gasteiger partial charge in [-0.1, -0.05) is 12.1 Å². The molecule has 0 radical (unpaired) electrons. The van der Waals surface area contributed by atoms with Crippen molar-refractivity contribution in [3.05, 3.63) is 64.5 Å². The fourth-order valence-corrected chi connectivity index (χ4v) is 1.71. The summed E-state index contributed by atoms with van der Waals surface area (Å²) in [5, 5.41) is 0. The third kappa shape index (κ3) is 3.08. The Morgan fingerprint density at radius 1 is 0.864 bits per heavy atom. The molecule has 0 aliphatic carbocycles. The Balaban J connectivity index is 2.23. The van der Waals surface area contributed by atoms with Crippen LogP contribution in [-0.2, 0) is 6.54 Å². The number of benzene rings is 2. The summed E-state index contributed by atoms with van der Waals surface area (Å²) >= 11 is 0. The van der Waals surface area contributed by atoms with E-state index in [0.29, 0.717) is 17.5 Å². The van der Waals surface area contributed by atoms with E-state index in [9.17, 15) is 22.0 Å². The zero-order valence-corrected chi connectivity index (χ0v) is 11.3. The van der Waals surface area contributed by atoms with Gasteiger partial charge in [0.1, 0.15) is 5.75 Å². The van der Waals surface area contributed by atoms with Gasteiger partial charge in [0.2, 0.25) is 5.82 Å². The van der Waals surface area contributed by atoms with E-state index in [4.69, 9.17) is 4.74 Å². The zero-order chi connectivity index (χ0) is 16.3. The molecule has 2 aromatic carbocycles. The summed E-state index contributed by atoms with van der Waals surface area (Å²) in [6.07, 6.45) is 0.625. The summed E-state index contributed by atoms with van der Waals surface area (Å²) in [7, 11) is 1.50. The van der Waals surface area contributed by atoms with E-state index in [-0.39, 0.29) is 6.54 Å². The Morgan fingerprint density at radius 3 is 1.86 bits per heavy atom. The molecule has 0 heterocycles. The minimum atomic E-state index is -2.19. The number of methoxy groups -OCH3 is 1. The number of aliphatic imine (C=N–C) groups is 1. The molecule has 0 aliphatic heterocycles. The van der Waals surface area contributed by atoms with Gasteiger partial charge in [0.15, 0.2) is 23.3 Å². The lowest BCUT2D eigenvalue weighted by atomic mass is 10.2. The largest absolute Gasteiger partial charge is 0.497 e. The first kappa shape index (κ1) is 15.9. The molecule has 0 N–H and O–H groups in total. The highest BCUT2D eigenvalue weighted by Gasteiger charge is 2.24. The number of halogens is 5. The van der Waals surface area contributed by atoms with Crippen molar-refractivity contribution in [1.29, 1.82) is 0 Å². The van der Waals surface area contributed by atoms with E-state index in [1.807, 2.05) is 0 Å². The maximum Gasteiger partial charge on any atom is 0.200 e. The molecule has 0 saturated carbocycles. The van der Waals surface area contributed by atoms with Gasteiger partial charge in [0.25, 0.3) is 0 Å². The minimum Gasteiger partial charge on any atom is -0.497 e. The van der Waals surface area contributed by atoms with Gasteiger partial charge in [0.05, 0.1) is 19.2 Å². The molecule has 0 amide bonds. The first-order chi connectivity index (χ1) is 10.5. The van der Waals surface area contributed by atoms with Crippen molar-refractivity contribution in [3.8, 4) is 5.75 Å². The van der Waals surface area contributed by atoms with Crippen LogP contribution in [0.4, 0.5) is 22.0 Å². The van der Waals surface area contributed by atoms with E-state index in [1.165, 1.54) is 7.11 Å². The van der Waals surface area contributed by atoms with E-state index in [0.717, 1.165) is 0 Å². The number of nitrogens with zero attached hydrogens (tertiary/aromatic N) is 1. The second kappa shape index (κ2) is 6.55. The summed E-state index contributed by atoms with van der Waals surface area (Å²) in [4.78, 5) is 3.70. The maximum atomic E-state index is 13.4. The lowest BCUT2D eigenvalue weighted by Gasteiger charge is -2.04. The number of rotatable bonds is 4. The Bertz CT molecular complexity index is 684. The van der Waals surface area contributed by atoms with Crippen molar-refractivity contribution in [3.63, 3.8) is 0 Å². The number of hydrogen-bond donors (Lipinski definition) is 0. The van der Waals surface area contributed by atoms with Crippen LogP contribution >= 0.6 is 0 Å². The summed E-state index contributed by atoms with van der Waals surface area (Å²) in [6.45, 7) is 0.0174. The number of ether oxygens (including phenoxy) is 1. The average Bonchev–Trinajstić information content (AvgIpc) is 2.55. The first-order valence-electron chi connectivity index (χ1n) is 6.10. The normalized spacial score (nSPS) is 11.2. The monoisotopic (exact) mass is 315 g/mol. The highest BCUT2D eigenvalue weighted by Crippen LogP contribution is 2.21. The quantitative estimate of drug-likeness (QED) is 0.361. The highest BCUT2D eigenvalue weighted by atomic mass is 19.2. The van der Waals surface area contributed by atoms with Crippen molar-refractivity contribution < 1.29 is 26.7 Å². The molecule has 22 heavy (non-hydrogen) atoms. The van der Waals surface area contributed by atoms with Crippen molar-refractivity contribution in [1.82, 2.24) is 0 Å². The van der Waals surface area contributed by atoms with Crippen LogP contribution in [0.5, 0.6) is 5.75 Å². The van der Waals surface area contributed by atoms with E-state index < -0.39 is 34.6 Å². The average molecular weight is 315 g/mol. The first-order valence-corrected chi connectivity index (χ1v) is 6.10. The molecule has 116 valence electrons. The topological polar surface area (TPSA) is 21.6 Å². The highest BCUT2D eigenvalue weighted by molar-refractivity contribution is 5.80. The van der Waals surface area contributed by atoms with Crippen molar-refractivity contribution in [2.45, 2.75) is 6.54 Å². The predicted octanol–water partition coefficient (Wildman–Crippen LogP) is 4.01. The fraction of sp³-hybridized carbons (Fsp3) is 0.133. The van der Waals surface area contributed by atoms with E-state index in [2.05, 4.69) is 4.99 Å². The van der Waals surface area contributed by atoms with Crippen LogP contribution in [0.1, 0.15) is 11.1 Å². The molecular weight excluding hydrogens is 305 g/mol. The third-order valence-corrected chi connectivity index (χ3v) is 2.90. The molecule has 7 heteroatoms. The predicted molar refractivity (Wildman–Crippen MR) is 70.5 cm³/mol. The van der Waals surface area contributed by atoms with Crippen LogP contribution < -0.4 is 4.74 Å². The SMILES string of the molecule is COc1ccc(CN=Cc2c(F)c(F)c(F)c(F)c2F)cc1. The molecule has 0 unspecified atom stereocenters. The van der Waals surface area contributed by atoms with Gasteiger partial charge in [0, 0.05) is 6.21 Å². The van der Waals surface area contributed by atoms with Crippen LogP contribution in [0, 0.1) is 29.1 Å². The zero-order valence-electron chi connectivity index (χ0n) is 11.3. The van der Waals surface area contributed by atoms with Crippen LogP contribution in [0.2, 0.25) is 0 Å². The summed E-state index contributed by atoms with van der Waals surface area (Å²) < 4.78 is 70.6. The smallest absolute Gasteiger partial charge is 0.200 e. The molecule has 2 aromatic rings. The molecule has 0 aliphatic rings. The standard InChI is InChI=1S/C15H10F5NO/c1-22-9-4-2-8(3-5-9)6-21-7-10-11(16)13(18)15(20)14(19)12(10)17/h2-5,7H,6H2,1H3. The van der Waals surface area contributed by atoms with Gasteiger partial charge in [-0.15, -0.1) is 0 Å². The van der Waals surface area contributed by atoms with Gasteiger partial charge < -0.3 is 4.74 Å². The van der Waals surface area contributed by atoms with Gasteiger partial charge in [-0.2, -0.15) is 0 Å². The molecule has 0 saturated heterocycles. The van der Waals surface area contributed by atoms with Gasteiger partial charge >= 0.3 is 0 Å². The van der Waals surface area contributed by atoms with E-state index in [1.54, 1.807) is 24.3 Å². The summed E-state index contributed by atoms with van der Waals surface area (Å²) in [5.74, 6) is -9.38. The summed E-state index contributed by atoms with van der Waals surface area (Å²) in [5.41, 5.74) is -0.383. The van der Waals surface area contributed by atoms with Crippen LogP contribution in [0.25, 0.3) is 0 Å². The molecule has 0 aromatic heterocycles. The lowest BCUT2D eigenvalue weighted by molar-refractivity contribution is 0.377. The maximum absolute atomic E-state index is 13.4. The number of hydrogen-bond acceptors (Lipinski definition) is 2. The Morgan fingerprint density at radius 2 is 1.36 bits per heavy atom. The second-order valence-electron chi connectivity index (χ2n) is 4.30. The van der Waals surface area contributed by atoms with Crippen LogP contribution in [0.3, 0.4) is 0 Å². The molecular formula is C15H10F5NO. The lowest BCUT2D eigenvalue weighted by Crippen LogP contribution is -2.06. The Kier molecular flexibility index (Phi) is 4.75. The Hall–Kier alpha value is -2.44. The molecule has 0 spiro atoms. The van der Waals surface area contributed by atoms with Crippen LogP contribution in [-0.4, -0.2) is 13.3 Å². The van der Waals surface area contributed by atoms with Crippen LogP contribution in [0.15, 0.2) is 29.3 Å². The van der Waals surface area contributed by atoms with Gasteiger partial charge in [-0.05, 0) is 17.7 Å². The van der Waals surface area contributed by atoms with Crippen molar-refractivity contribution >= 4 is 6.21 Å². The molecule has 2 rings (SSSR count). The molecule has 0 fully saturated rings. The molecule has 0 bridgehead atoms. The van der Waals surface area contributed by atoms with Crippen molar-refractivity contribution in [2.24, 2.45) is 4.99 Å². The van der Waals surface area contributed by atoms with Gasteiger partial charge in [-0.25, -0.2) is 22.0 Å².